The highest BCUT2D eigenvalue weighted by atomic mass is 127. The average Bonchev–Trinajstić information content (AvgIpc) is 2.74. The lowest BCUT2D eigenvalue weighted by Gasteiger charge is -2.15. The summed E-state index contributed by atoms with van der Waals surface area (Å²) in [7, 11) is 3.25. The molecule has 1 heterocycles. The van der Waals surface area contributed by atoms with Gasteiger partial charge in [-0.1, -0.05) is 5.92 Å². The van der Waals surface area contributed by atoms with Crippen LogP contribution in [0.5, 0.6) is 11.5 Å². The van der Waals surface area contributed by atoms with Gasteiger partial charge in [0.1, 0.15) is 25.4 Å². The summed E-state index contributed by atoms with van der Waals surface area (Å²) in [5.74, 6) is 4.48. The fraction of sp³-hybridized carbons (Fsp3) is 0.273. The van der Waals surface area contributed by atoms with Gasteiger partial charge in [-0.2, -0.15) is 0 Å². The van der Waals surface area contributed by atoms with Crippen LogP contribution in [0.25, 0.3) is 10.9 Å². The van der Waals surface area contributed by atoms with Gasteiger partial charge in [0.05, 0.1) is 18.7 Å². The second-order valence-electron chi connectivity index (χ2n) is 6.22. The number of nitrogens with zero attached hydrogens (tertiary/aromatic N) is 2. The molecule has 0 amide bonds. The molecule has 0 saturated heterocycles. The van der Waals surface area contributed by atoms with Crippen LogP contribution in [0.1, 0.15) is 5.56 Å². The minimum absolute atomic E-state index is 0.390. The van der Waals surface area contributed by atoms with Crippen LogP contribution in [-0.4, -0.2) is 50.6 Å². The fourth-order valence-corrected chi connectivity index (χ4v) is 3.41. The zero-order chi connectivity index (χ0) is 21.3. The van der Waals surface area contributed by atoms with Crippen molar-refractivity contribution in [1.82, 2.24) is 9.97 Å². The summed E-state index contributed by atoms with van der Waals surface area (Å²) in [4.78, 5) is 8.80. The monoisotopic (exact) mass is 519 g/mol. The number of halogens is 1. The van der Waals surface area contributed by atoms with Crippen molar-refractivity contribution in [1.29, 1.82) is 0 Å². The molecule has 1 aromatic heterocycles. The first-order valence-electron chi connectivity index (χ1n) is 9.21. The Morgan fingerprint density at radius 1 is 0.933 bits per heavy atom. The number of rotatable bonds is 10. The highest BCUT2D eigenvalue weighted by Gasteiger charge is 2.13. The molecular formula is C22H22IN3O4. The van der Waals surface area contributed by atoms with Gasteiger partial charge < -0.3 is 24.3 Å². The van der Waals surface area contributed by atoms with Gasteiger partial charge in [-0.25, -0.2) is 9.97 Å². The Balaban J connectivity index is 1.98. The lowest BCUT2D eigenvalue weighted by molar-refractivity contribution is 0.132. The highest BCUT2D eigenvalue weighted by molar-refractivity contribution is 14.1. The van der Waals surface area contributed by atoms with Crippen molar-refractivity contribution in [2.75, 3.05) is 46.0 Å². The largest absolute Gasteiger partial charge is 0.487 e. The van der Waals surface area contributed by atoms with E-state index in [1.165, 1.54) is 6.33 Å². The topological polar surface area (TPSA) is 74.7 Å². The number of nitrogens with one attached hydrogen (secondary N) is 1. The zero-order valence-corrected chi connectivity index (χ0v) is 18.9. The number of terminal acetylenes is 1. The SMILES string of the molecule is C#Cc1cc(I)cc(Nc2ncnc3cc(OCCOC)c(OCCOC)cc23)c1. The summed E-state index contributed by atoms with van der Waals surface area (Å²) in [5, 5.41) is 4.13. The molecule has 0 aliphatic rings. The minimum Gasteiger partial charge on any atom is -0.487 e. The Morgan fingerprint density at radius 3 is 2.30 bits per heavy atom. The summed E-state index contributed by atoms with van der Waals surface area (Å²) in [5.41, 5.74) is 2.36. The first-order chi connectivity index (χ1) is 14.6. The van der Waals surface area contributed by atoms with E-state index in [9.17, 15) is 0 Å². The van der Waals surface area contributed by atoms with E-state index in [2.05, 4.69) is 43.8 Å². The van der Waals surface area contributed by atoms with Crippen molar-refractivity contribution < 1.29 is 18.9 Å². The van der Waals surface area contributed by atoms with Gasteiger partial charge in [0.25, 0.3) is 0 Å². The van der Waals surface area contributed by atoms with Crippen LogP contribution in [0.15, 0.2) is 36.7 Å². The molecule has 0 fully saturated rings. The molecule has 0 unspecified atom stereocenters. The molecule has 7 nitrogen and oxygen atoms in total. The van der Waals surface area contributed by atoms with Gasteiger partial charge in [0, 0.05) is 40.5 Å². The van der Waals surface area contributed by atoms with Crippen LogP contribution in [-0.2, 0) is 9.47 Å². The molecule has 0 bridgehead atoms. The Hall–Kier alpha value is -2.61. The van der Waals surface area contributed by atoms with Gasteiger partial charge >= 0.3 is 0 Å². The van der Waals surface area contributed by atoms with E-state index in [4.69, 9.17) is 25.4 Å². The molecule has 0 atom stereocenters. The normalized spacial score (nSPS) is 10.6. The van der Waals surface area contributed by atoms with Crippen LogP contribution in [0.3, 0.4) is 0 Å². The predicted octanol–water partition coefficient (Wildman–Crippen LogP) is 4.01. The van der Waals surface area contributed by atoms with Crippen molar-refractivity contribution in [2.45, 2.75) is 0 Å². The van der Waals surface area contributed by atoms with Crippen molar-refractivity contribution in [3.05, 3.63) is 45.8 Å². The molecule has 3 rings (SSSR count). The number of anilines is 2. The van der Waals surface area contributed by atoms with Crippen molar-refractivity contribution in [3.63, 3.8) is 0 Å². The minimum atomic E-state index is 0.390. The fourth-order valence-electron chi connectivity index (χ4n) is 2.74. The summed E-state index contributed by atoms with van der Waals surface area (Å²) >= 11 is 2.23. The third-order valence-electron chi connectivity index (χ3n) is 4.12. The molecule has 156 valence electrons. The molecule has 0 spiro atoms. The molecule has 1 N–H and O–H groups in total. The predicted molar refractivity (Wildman–Crippen MR) is 125 cm³/mol. The number of benzene rings is 2. The lowest BCUT2D eigenvalue weighted by Crippen LogP contribution is -2.09. The van der Waals surface area contributed by atoms with Gasteiger partial charge in [-0.3, -0.25) is 0 Å². The van der Waals surface area contributed by atoms with Gasteiger partial charge in [0.2, 0.25) is 0 Å². The third-order valence-corrected chi connectivity index (χ3v) is 4.74. The third kappa shape index (κ3) is 5.72. The van der Waals surface area contributed by atoms with E-state index >= 15 is 0 Å². The molecular weight excluding hydrogens is 497 g/mol. The second kappa shape index (κ2) is 11.0. The summed E-state index contributed by atoms with van der Waals surface area (Å²) in [6.45, 7) is 1.72. The zero-order valence-electron chi connectivity index (χ0n) is 16.8. The summed E-state index contributed by atoms with van der Waals surface area (Å²) in [6.07, 6.45) is 7.06. The van der Waals surface area contributed by atoms with Crippen LogP contribution in [0.4, 0.5) is 11.5 Å². The second-order valence-corrected chi connectivity index (χ2v) is 7.46. The molecule has 2 aromatic carbocycles. The Kier molecular flexibility index (Phi) is 8.07. The van der Waals surface area contributed by atoms with Crippen molar-refractivity contribution in [2.24, 2.45) is 0 Å². The standard InChI is InChI=1S/C22H22IN3O4/c1-4-15-9-16(23)11-17(10-15)26-22-18-12-20(29-7-5-27-2)21(30-8-6-28-3)13-19(18)24-14-25-22/h1,9-14H,5-8H2,2-3H3,(H,24,25,26). The van der Waals surface area contributed by atoms with E-state index in [1.54, 1.807) is 14.2 Å². The van der Waals surface area contributed by atoms with E-state index in [0.717, 1.165) is 25.7 Å². The van der Waals surface area contributed by atoms with E-state index < -0.39 is 0 Å². The van der Waals surface area contributed by atoms with Crippen molar-refractivity contribution in [3.8, 4) is 23.8 Å². The average molecular weight is 519 g/mol. The summed E-state index contributed by atoms with van der Waals surface area (Å²) < 4.78 is 22.9. The van der Waals surface area contributed by atoms with Gasteiger partial charge in [0.15, 0.2) is 11.5 Å². The van der Waals surface area contributed by atoms with Crippen LogP contribution >= 0.6 is 22.6 Å². The molecule has 0 radical (unpaired) electrons. The lowest BCUT2D eigenvalue weighted by atomic mass is 10.2. The van der Waals surface area contributed by atoms with Crippen LogP contribution in [0, 0.1) is 15.9 Å². The molecule has 8 heteroatoms. The maximum absolute atomic E-state index is 5.88. The number of hydrogen-bond acceptors (Lipinski definition) is 7. The Morgan fingerprint density at radius 2 is 1.63 bits per heavy atom. The number of aromatic nitrogens is 2. The smallest absolute Gasteiger partial charge is 0.163 e. The molecule has 0 aliphatic carbocycles. The van der Waals surface area contributed by atoms with E-state index in [-0.39, 0.29) is 0 Å². The Bertz CT molecular complexity index is 1050. The maximum atomic E-state index is 5.88. The quantitative estimate of drug-likeness (QED) is 0.247. The Labute approximate surface area is 189 Å². The first-order valence-corrected chi connectivity index (χ1v) is 10.3. The number of hydrogen-bond donors (Lipinski definition) is 1. The van der Waals surface area contributed by atoms with Gasteiger partial charge in [-0.05, 0) is 46.9 Å². The van der Waals surface area contributed by atoms with Gasteiger partial charge in [-0.15, -0.1) is 6.42 Å². The van der Waals surface area contributed by atoms with Crippen molar-refractivity contribution >= 4 is 45.0 Å². The maximum Gasteiger partial charge on any atom is 0.163 e. The molecule has 0 saturated carbocycles. The van der Waals surface area contributed by atoms with E-state index in [0.29, 0.717) is 43.7 Å². The van der Waals surface area contributed by atoms with Crippen LogP contribution in [0.2, 0.25) is 0 Å². The molecule has 3 aromatic rings. The molecule has 30 heavy (non-hydrogen) atoms. The number of fused-ring (bicyclic) bond motifs is 1. The first kappa shape index (κ1) is 22.1. The summed E-state index contributed by atoms with van der Waals surface area (Å²) in [6, 6.07) is 9.53. The number of methoxy groups -OCH3 is 2. The highest BCUT2D eigenvalue weighted by Crippen LogP contribution is 2.35. The van der Waals surface area contributed by atoms with E-state index in [1.807, 2.05) is 30.3 Å². The number of ether oxygens (including phenoxy) is 4. The molecule has 0 aliphatic heterocycles. The van der Waals surface area contributed by atoms with Crippen LogP contribution < -0.4 is 14.8 Å².